The molecule has 1 amide bonds. The Hall–Kier alpha value is -2.78. The van der Waals surface area contributed by atoms with Crippen LogP contribution in [0.5, 0.6) is 0 Å². The van der Waals surface area contributed by atoms with E-state index in [2.05, 4.69) is 10.4 Å². The third kappa shape index (κ3) is 4.73. The number of carbonyl (C=O) groups excluding carboxylic acids is 1. The number of amides is 1. The molecule has 0 aliphatic rings. The number of hydrogen-bond donors (Lipinski definition) is 2. The van der Waals surface area contributed by atoms with Gasteiger partial charge in [0.2, 0.25) is 5.91 Å². The van der Waals surface area contributed by atoms with Crippen molar-refractivity contribution in [2.45, 2.75) is 17.5 Å². The van der Waals surface area contributed by atoms with Gasteiger partial charge in [0.05, 0.1) is 18.2 Å². The Labute approximate surface area is 163 Å². The summed E-state index contributed by atoms with van der Waals surface area (Å²) in [5.41, 5.74) is 1.17. The van der Waals surface area contributed by atoms with Crippen molar-refractivity contribution in [3.8, 4) is 11.1 Å². The summed E-state index contributed by atoms with van der Waals surface area (Å²) in [5.74, 6) is -0.548. The first kappa shape index (κ1) is 20.0. The van der Waals surface area contributed by atoms with Crippen LogP contribution in [0.15, 0.2) is 59.8 Å². The number of nitrogens with zero attached hydrogens (tertiary/aromatic N) is 2. The minimum Gasteiger partial charge on any atom is -0.326 e. The zero-order valence-electron chi connectivity index (χ0n) is 14.8. The number of anilines is 1. The van der Waals surface area contributed by atoms with Gasteiger partial charge in [-0.15, -0.1) is 0 Å². The van der Waals surface area contributed by atoms with E-state index in [0.717, 1.165) is 29.1 Å². The molecule has 9 heteroatoms. The molecular weight excluding hydrogens is 389 g/mol. The highest BCUT2D eigenvalue weighted by Crippen LogP contribution is 2.32. The number of benzene rings is 2. The lowest BCUT2D eigenvalue weighted by Gasteiger charge is -2.13. The van der Waals surface area contributed by atoms with Gasteiger partial charge in [0.1, 0.15) is 0 Å². The number of carbonyl (C=O) groups is 1. The molecular formula is C19H17F3N4OS. The van der Waals surface area contributed by atoms with Gasteiger partial charge in [-0.1, -0.05) is 18.2 Å². The summed E-state index contributed by atoms with van der Waals surface area (Å²) in [6.07, 6.45) is -1.42. The van der Waals surface area contributed by atoms with Crippen LogP contribution in [0.3, 0.4) is 0 Å². The minimum atomic E-state index is -4.51. The predicted octanol–water partition coefficient (Wildman–Crippen LogP) is 4.25. The quantitative estimate of drug-likeness (QED) is 0.622. The zero-order chi connectivity index (χ0) is 20.3. The van der Waals surface area contributed by atoms with E-state index >= 15 is 0 Å². The molecule has 0 fully saturated rings. The summed E-state index contributed by atoms with van der Waals surface area (Å²) in [5, 5.41) is 12.4. The van der Waals surface area contributed by atoms with Crippen LogP contribution < -0.4 is 10.5 Å². The molecule has 0 saturated heterocycles. The molecule has 0 bridgehead atoms. The van der Waals surface area contributed by atoms with Gasteiger partial charge in [-0.25, -0.2) is 0 Å². The number of aryl methyl sites for hydroxylation is 1. The summed E-state index contributed by atoms with van der Waals surface area (Å²) in [7, 11) is 1.78. The van der Waals surface area contributed by atoms with Crippen molar-refractivity contribution in [1.82, 2.24) is 9.78 Å². The molecule has 3 rings (SSSR count). The fourth-order valence-electron chi connectivity index (χ4n) is 2.81. The number of hydrogen-bond acceptors (Lipinski definition) is 4. The Bertz CT molecular complexity index is 1000. The van der Waals surface area contributed by atoms with Crippen molar-refractivity contribution in [2.75, 3.05) is 5.32 Å². The van der Waals surface area contributed by atoms with Crippen molar-refractivity contribution in [1.29, 1.82) is 0 Å². The van der Waals surface area contributed by atoms with Gasteiger partial charge < -0.3 is 5.32 Å². The van der Waals surface area contributed by atoms with Gasteiger partial charge in [0.25, 0.3) is 0 Å². The number of nitrogens with one attached hydrogen (secondary N) is 1. The first-order valence-corrected chi connectivity index (χ1v) is 9.10. The lowest BCUT2D eigenvalue weighted by Crippen LogP contribution is -2.18. The minimum absolute atomic E-state index is 0.0793. The third-order valence-corrected chi connectivity index (χ3v) is 4.55. The molecule has 0 atom stereocenters. The van der Waals surface area contributed by atoms with E-state index in [9.17, 15) is 18.0 Å². The van der Waals surface area contributed by atoms with Gasteiger partial charge in [-0.3, -0.25) is 14.6 Å². The van der Waals surface area contributed by atoms with E-state index in [1.807, 2.05) is 12.3 Å². The lowest BCUT2D eigenvalue weighted by atomic mass is 10.0. The fourth-order valence-corrected chi connectivity index (χ4v) is 3.20. The monoisotopic (exact) mass is 406 g/mol. The SMILES string of the molecule is Cn1cc(-c2cc(NC(=O)Cc3ccccc3C(F)(F)F)cc(SN)c2)cn1. The molecule has 1 aromatic heterocycles. The van der Waals surface area contributed by atoms with E-state index in [-0.39, 0.29) is 5.56 Å². The van der Waals surface area contributed by atoms with Gasteiger partial charge >= 0.3 is 6.18 Å². The van der Waals surface area contributed by atoms with Crippen molar-refractivity contribution < 1.29 is 18.0 Å². The highest BCUT2D eigenvalue weighted by molar-refractivity contribution is 7.97. The highest BCUT2D eigenvalue weighted by Gasteiger charge is 2.33. The first-order chi connectivity index (χ1) is 13.3. The lowest BCUT2D eigenvalue weighted by molar-refractivity contribution is -0.138. The molecule has 0 unspecified atom stereocenters. The molecule has 28 heavy (non-hydrogen) atoms. The highest BCUT2D eigenvalue weighted by atomic mass is 32.2. The van der Waals surface area contributed by atoms with Crippen LogP contribution in [0.1, 0.15) is 11.1 Å². The molecule has 3 N–H and O–H groups in total. The smallest absolute Gasteiger partial charge is 0.326 e. The predicted molar refractivity (Wildman–Crippen MR) is 102 cm³/mol. The summed E-state index contributed by atoms with van der Waals surface area (Å²) >= 11 is 1.01. The second-order valence-electron chi connectivity index (χ2n) is 6.15. The van der Waals surface area contributed by atoms with Crippen molar-refractivity contribution in [3.05, 3.63) is 66.0 Å². The molecule has 0 aliphatic heterocycles. The molecule has 1 heterocycles. The molecule has 5 nitrogen and oxygen atoms in total. The Kier molecular flexibility index (Phi) is 5.76. The molecule has 0 saturated carbocycles. The summed E-state index contributed by atoms with van der Waals surface area (Å²) in [4.78, 5) is 13.1. The number of alkyl halides is 3. The van der Waals surface area contributed by atoms with Crippen molar-refractivity contribution in [2.24, 2.45) is 12.2 Å². The molecule has 0 aliphatic carbocycles. The Morgan fingerprint density at radius 2 is 1.96 bits per heavy atom. The number of nitrogens with two attached hydrogens (primary N) is 1. The van der Waals surface area contributed by atoms with E-state index in [1.165, 1.54) is 18.2 Å². The maximum atomic E-state index is 13.1. The second kappa shape index (κ2) is 8.07. The Morgan fingerprint density at radius 3 is 2.61 bits per heavy atom. The summed E-state index contributed by atoms with van der Waals surface area (Å²) in [6, 6.07) is 10.3. The average Bonchev–Trinajstić information content (AvgIpc) is 3.07. The van der Waals surface area contributed by atoms with Crippen LogP contribution in [-0.4, -0.2) is 15.7 Å². The maximum Gasteiger partial charge on any atom is 0.416 e. The molecule has 2 aromatic carbocycles. The number of rotatable bonds is 5. The molecule has 0 spiro atoms. The van der Waals surface area contributed by atoms with Crippen LogP contribution in [0, 0.1) is 0 Å². The van der Waals surface area contributed by atoms with Crippen LogP contribution in [0.25, 0.3) is 11.1 Å². The standard InChI is InChI=1S/C19H17F3N4OS/c1-26-11-14(10-24-26)13-6-15(9-16(7-13)28-23)25-18(27)8-12-4-2-3-5-17(12)19(20,21)22/h2-7,9-11H,8,23H2,1H3,(H,25,27). The number of halogens is 3. The van der Waals surface area contributed by atoms with Gasteiger partial charge in [-0.05, 0) is 47.3 Å². The van der Waals surface area contributed by atoms with Crippen LogP contribution in [0.2, 0.25) is 0 Å². The fraction of sp³-hybridized carbons (Fsp3) is 0.158. The Balaban J connectivity index is 1.83. The van der Waals surface area contributed by atoms with Crippen molar-refractivity contribution >= 4 is 23.5 Å². The largest absolute Gasteiger partial charge is 0.416 e. The van der Waals surface area contributed by atoms with Gasteiger partial charge in [-0.2, -0.15) is 18.3 Å². The maximum absolute atomic E-state index is 13.1. The van der Waals surface area contributed by atoms with Gasteiger partial charge in [0, 0.05) is 29.4 Å². The normalized spacial score (nSPS) is 11.5. The zero-order valence-corrected chi connectivity index (χ0v) is 15.6. The first-order valence-electron chi connectivity index (χ1n) is 8.22. The van der Waals surface area contributed by atoms with Crippen LogP contribution >= 0.6 is 11.9 Å². The van der Waals surface area contributed by atoms with Crippen LogP contribution in [0.4, 0.5) is 18.9 Å². The topological polar surface area (TPSA) is 72.9 Å². The molecule has 146 valence electrons. The van der Waals surface area contributed by atoms with E-state index in [4.69, 9.17) is 5.14 Å². The number of aromatic nitrogens is 2. The summed E-state index contributed by atoms with van der Waals surface area (Å²) in [6.45, 7) is 0. The molecule has 0 radical (unpaired) electrons. The van der Waals surface area contributed by atoms with E-state index in [1.54, 1.807) is 30.1 Å². The Morgan fingerprint density at radius 1 is 1.21 bits per heavy atom. The average molecular weight is 406 g/mol. The third-order valence-electron chi connectivity index (χ3n) is 4.04. The van der Waals surface area contributed by atoms with Crippen LogP contribution in [-0.2, 0) is 24.4 Å². The van der Waals surface area contributed by atoms with Crippen molar-refractivity contribution in [3.63, 3.8) is 0 Å². The van der Waals surface area contributed by atoms with E-state index < -0.39 is 24.1 Å². The summed E-state index contributed by atoms with van der Waals surface area (Å²) < 4.78 is 41.0. The second-order valence-corrected chi connectivity index (χ2v) is 6.85. The van der Waals surface area contributed by atoms with E-state index in [0.29, 0.717) is 10.6 Å². The van der Waals surface area contributed by atoms with Gasteiger partial charge in [0.15, 0.2) is 0 Å². The molecule has 3 aromatic rings.